The van der Waals surface area contributed by atoms with Gasteiger partial charge in [-0.3, -0.25) is 0 Å². The van der Waals surface area contributed by atoms with Gasteiger partial charge < -0.3 is 0 Å². The molecule has 9 heavy (non-hydrogen) atoms. The molecule has 0 nitrogen and oxygen atoms in total. The molecule has 0 saturated heterocycles. The average Bonchev–Trinajstić information content (AvgIpc) is 1.83. The molecule has 0 saturated carbocycles. The lowest BCUT2D eigenvalue weighted by molar-refractivity contribution is 0.507. The fraction of sp³-hybridized carbons (Fsp3) is 0.556. The summed E-state index contributed by atoms with van der Waals surface area (Å²) in [5, 5.41) is 0. The van der Waals surface area contributed by atoms with Crippen LogP contribution in [0, 0.1) is 11.8 Å². The SMILES string of the molecule is C=C1CC=CC(C)[C@@H]1C. The van der Waals surface area contributed by atoms with E-state index in [1.54, 1.807) is 0 Å². The molecule has 0 aliphatic heterocycles. The molecule has 0 spiro atoms. The maximum Gasteiger partial charge on any atom is -0.0139 e. The largest absolute Gasteiger partial charge is 0.0993 e. The van der Waals surface area contributed by atoms with Gasteiger partial charge in [0.15, 0.2) is 0 Å². The minimum absolute atomic E-state index is 0.690. The first-order valence-corrected chi connectivity index (χ1v) is 3.56. The standard InChI is InChI=1S/C9H14/c1-7-5-4-6-8(2)9(7)3/h4,6,8-9H,1,5H2,2-3H3/t8?,9-/m1/s1. The first-order valence-electron chi connectivity index (χ1n) is 3.56. The van der Waals surface area contributed by atoms with Crippen LogP contribution < -0.4 is 0 Å². The van der Waals surface area contributed by atoms with Crippen molar-refractivity contribution >= 4 is 0 Å². The first kappa shape index (κ1) is 6.60. The molecular formula is C9H14. The van der Waals surface area contributed by atoms with Crippen LogP contribution in [0.3, 0.4) is 0 Å². The third-order valence-corrected chi connectivity index (χ3v) is 2.25. The summed E-state index contributed by atoms with van der Waals surface area (Å²) in [5.41, 5.74) is 1.38. The van der Waals surface area contributed by atoms with Crippen LogP contribution in [0.1, 0.15) is 20.3 Å². The molecule has 1 aliphatic rings. The van der Waals surface area contributed by atoms with Crippen LogP contribution in [-0.4, -0.2) is 0 Å². The van der Waals surface area contributed by atoms with Gasteiger partial charge in [0.25, 0.3) is 0 Å². The van der Waals surface area contributed by atoms with E-state index in [4.69, 9.17) is 0 Å². The Morgan fingerprint density at radius 3 is 2.67 bits per heavy atom. The fourth-order valence-corrected chi connectivity index (χ4v) is 1.16. The number of allylic oxidation sites excluding steroid dienone is 3. The maximum atomic E-state index is 3.99. The second-order valence-corrected chi connectivity index (χ2v) is 2.94. The molecule has 1 rings (SSSR count). The van der Waals surface area contributed by atoms with Crippen molar-refractivity contribution < 1.29 is 0 Å². The lowest BCUT2D eigenvalue weighted by Crippen LogP contribution is -2.10. The average molecular weight is 122 g/mol. The Labute approximate surface area is 57.3 Å². The molecule has 0 aromatic rings. The van der Waals surface area contributed by atoms with Gasteiger partial charge in [-0.05, 0) is 18.3 Å². The van der Waals surface area contributed by atoms with Crippen LogP contribution in [-0.2, 0) is 0 Å². The van der Waals surface area contributed by atoms with Crippen molar-refractivity contribution in [1.29, 1.82) is 0 Å². The van der Waals surface area contributed by atoms with Gasteiger partial charge in [-0.25, -0.2) is 0 Å². The Kier molecular flexibility index (Phi) is 1.75. The van der Waals surface area contributed by atoms with Crippen LogP contribution >= 0.6 is 0 Å². The topological polar surface area (TPSA) is 0 Å². The summed E-state index contributed by atoms with van der Waals surface area (Å²) in [6.45, 7) is 8.48. The van der Waals surface area contributed by atoms with Gasteiger partial charge in [0.2, 0.25) is 0 Å². The molecule has 0 N–H and O–H groups in total. The van der Waals surface area contributed by atoms with E-state index in [9.17, 15) is 0 Å². The second kappa shape index (κ2) is 2.38. The molecule has 0 radical (unpaired) electrons. The van der Waals surface area contributed by atoms with Gasteiger partial charge in [-0.1, -0.05) is 38.2 Å². The van der Waals surface area contributed by atoms with E-state index in [0.29, 0.717) is 11.8 Å². The monoisotopic (exact) mass is 122 g/mol. The molecule has 0 heteroatoms. The minimum atomic E-state index is 0.690. The molecule has 1 aliphatic carbocycles. The van der Waals surface area contributed by atoms with Crippen molar-refractivity contribution in [2.24, 2.45) is 11.8 Å². The zero-order valence-corrected chi connectivity index (χ0v) is 6.22. The Morgan fingerprint density at radius 2 is 2.22 bits per heavy atom. The Hall–Kier alpha value is -0.520. The summed E-state index contributed by atoms with van der Waals surface area (Å²) < 4.78 is 0. The predicted octanol–water partition coefficient (Wildman–Crippen LogP) is 2.77. The molecule has 0 aromatic carbocycles. The molecule has 0 bridgehead atoms. The van der Waals surface area contributed by atoms with E-state index < -0.39 is 0 Å². The van der Waals surface area contributed by atoms with Crippen molar-refractivity contribution in [3.8, 4) is 0 Å². The smallest absolute Gasteiger partial charge is 0.0139 e. The highest BCUT2D eigenvalue weighted by atomic mass is 14.2. The Bertz CT molecular complexity index is 142. The molecule has 50 valence electrons. The molecule has 0 fully saturated rings. The molecule has 0 aromatic heterocycles. The van der Waals surface area contributed by atoms with Gasteiger partial charge in [0, 0.05) is 0 Å². The quantitative estimate of drug-likeness (QED) is 0.433. The summed E-state index contributed by atoms with van der Waals surface area (Å²) in [6, 6.07) is 0. The third-order valence-electron chi connectivity index (χ3n) is 2.25. The zero-order chi connectivity index (χ0) is 6.85. The highest BCUT2D eigenvalue weighted by Gasteiger charge is 2.14. The summed E-state index contributed by atoms with van der Waals surface area (Å²) in [6.07, 6.45) is 5.58. The molecule has 0 amide bonds. The van der Waals surface area contributed by atoms with Gasteiger partial charge in [0.1, 0.15) is 0 Å². The van der Waals surface area contributed by atoms with Crippen molar-refractivity contribution in [2.75, 3.05) is 0 Å². The van der Waals surface area contributed by atoms with E-state index in [1.807, 2.05) is 0 Å². The maximum absolute atomic E-state index is 3.99. The summed E-state index contributed by atoms with van der Waals surface area (Å²) in [7, 11) is 0. The Morgan fingerprint density at radius 1 is 1.56 bits per heavy atom. The van der Waals surface area contributed by atoms with Crippen LogP contribution in [0.15, 0.2) is 24.3 Å². The molecule has 2 atom stereocenters. The molecule has 1 unspecified atom stereocenters. The van der Waals surface area contributed by atoms with Gasteiger partial charge in [0.05, 0.1) is 0 Å². The summed E-state index contributed by atoms with van der Waals surface area (Å²) >= 11 is 0. The van der Waals surface area contributed by atoms with Crippen LogP contribution in [0.2, 0.25) is 0 Å². The van der Waals surface area contributed by atoms with Crippen molar-refractivity contribution in [3.63, 3.8) is 0 Å². The highest BCUT2D eigenvalue weighted by molar-refractivity contribution is 5.14. The van der Waals surface area contributed by atoms with Gasteiger partial charge in [-0.15, -0.1) is 0 Å². The van der Waals surface area contributed by atoms with Crippen LogP contribution in [0.4, 0.5) is 0 Å². The number of hydrogen-bond acceptors (Lipinski definition) is 0. The zero-order valence-electron chi connectivity index (χ0n) is 6.22. The lowest BCUT2D eigenvalue weighted by atomic mass is 9.83. The van der Waals surface area contributed by atoms with Crippen molar-refractivity contribution in [2.45, 2.75) is 20.3 Å². The molecule has 0 heterocycles. The normalized spacial score (nSPS) is 35.1. The van der Waals surface area contributed by atoms with Crippen LogP contribution in [0.25, 0.3) is 0 Å². The first-order chi connectivity index (χ1) is 4.22. The highest BCUT2D eigenvalue weighted by Crippen LogP contribution is 2.26. The van der Waals surface area contributed by atoms with Crippen molar-refractivity contribution in [1.82, 2.24) is 0 Å². The van der Waals surface area contributed by atoms with Crippen LogP contribution in [0.5, 0.6) is 0 Å². The van der Waals surface area contributed by atoms with Crippen molar-refractivity contribution in [3.05, 3.63) is 24.3 Å². The van der Waals surface area contributed by atoms with E-state index in [1.165, 1.54) is 5.57 Å². The molecular weight excluding hydrogens is 108 g/mol. The fourth-order valence-electron chi connectivity index (χ4n) is 1.16. The van der Waals surface area contributed by atoms with E-state index in [2.05, 4.69) is 32.6 Å². The van der Waals surface area contributed by atoms with E-state index in [0.717, 1.165) is 6.42 Å². The minimum Gasteiger partial charge on any atom is -0.0993 e. The van der Waals surface area contributed by atoms with Gasteiger partial charge in [-0.2, -0.15) is 0 Å². The third kappa shape index (κ3) is 1.24. The Balaban J connectivity index is 2.69. The van der Waals surface area contributed by atoms with E-state index in [-0.39, 0.29) is 0 Å². The summed E-state index contributed by atoms with van der Waals surface area (Å²) in [5.74, 6) is 1.39. The van der Waals surface area contributed by atoms with E-state index >= 15 is 0 Å². The number of rotatable bonds is 0. The lowest BCUT2D eigenvalue weighted by Gasteiger charge is -2.22. The second-order valence-electron chi connectivity index (χ2n) is 2.94. The number of hydrogen-bond donors (Lipinski definition) is 0. The predicted molar refractivity (Wildman–Crippen MR) is 41.2 cm³/mol. The summed E-state index contributed by atoms with van der Waals surface area (Å²) in [4.78, 5) is 0. The van der Waals surface area contributed by atoms with Gasteiger partial charge >= 0.3 is 0 Å².